The van der Waals surface area contributed by atoms with E-state index in [0.717, 1.165) is 25.0 Å². The van der Waals surface area contributed by atoms with Gasteiger partial charge in [-0.05, 0) is 50.7 Å². The highest BCUT2D eigenvalue weighted by molar-refractivity contribution is 5.07. The molecule has 102 valence electrons. The molecule has 1 aliphatic carbocycles. The second-order valence-electron chi connectivity index (χ2n) is 5.67. The molecule has 1 N–H and O–H groups in total. The summed E-state index contributed by atoms with van der Waals surface area (Å²) in [7, 11) is 0. The lowest BCUT2D eigenvalue weighted by molar-refractivity contribution is 0.276. The Morgan fingerprint density at radius 2 is 2.00 bits per heavy atom. The van der Waals surface area contributed by atoms with E-state index < -0.39 is 0 Å². The zero-order valence-corrected chi connectivity index (χ0v) is 12.0. The molecule has 0 bridgehead atoms. The van der Waals surface area contributed by atoms with Crippen molar-refractivity contribution < 1.29 is 0 Å². The third-order valence-electron chi connectivity index (χ3n) is 4.38. The molecule has 0 amide bonds. The molecule has 0 aliphatic heterocycles. The van der Waals surface area contributed by atoms with Gasteiger partial charge in [0.25, 0.3) is 0 Å². The number of aromatic nitrogens is 1. The van der Waals surface area contributed by atoms with E-state index in [9.17, 15) is 0 Å². The molecule has 2 rings (SSSR count). The summed E-state index contributed by atoms with van der Waals surface area (Å²) in [6.45, 7) is 6.62. The summed E-state index contributed by atoms with van der Waals surface area (Å²) in [6.07, 6.45) is 10.6. The molecule has 0 atom stereocenters. The number of aryl methyl sites for hydroxylation is 1. The van der Waals surface area contributed by atoms with Gasteiger partial charge in [0, 0.05) is 31.0 Å². The number of hydrogen-bond donors (Lipinski definition) is 1. The molecule has 1 fully saturated rings. The summed E-state index contributed by atoms with van der Waals surface area (Å²) in [4.78, 5) is 0. The van der Waals surface area contributed by atoms with Crippen molar-refractivity contribution in [2.24, 2.45) is 5.92 Å². The van der Waals surface area contributed by atoms with Gasteiger partial charge in [0.05, 0.1) is 0 Å². The third kappa shape index (κ3) is 3.61. The van der Waals surface area contributed by atoms with Crippen LogP contribution in [-0.4, -0.2) is 10.6 Å². The van der Waals surface area contributed by atoms with Gasteiger partial charge < -0.3 is 9.88 Å². The summed E-state index contributed by atoms with van der Waals surface area (Å²) < 4.78 is 2.33. The zero-order chi connectivity index (χ0) is 12.8. The van der Waals surface area contributed by atoms with E-state index in [1.165, 1.54) is 44.2 Å². The molecule has 2 heteroatoms. The van der Waals surface area contributed by atoms with Crippen LogP contribution in [0.3, 0.4) is 0 Å². The smallest absolute Gasteiger partial charge is 0.0361 e. The van der Waals surface area contributed by atoms with Crippen LogP contribution >= 0.6 is 0 Å². The first-order valence-electron chi connectivity index (χ1n) is 7.70. The average molecular weight is 248 g/mol. The molecule has 2 nitrogen and oxygen atoms in total. The van der Waals surface area contributed by atoms with Crippen LogP contribution < -0.4 is 5.32 Å². The van der Waals surface area contributed by atoms with E-state index in [0.29, 0.717) is 0 Å². The van der Waals surface area contributed by atoms with E-state index in [1.807, 2.05) is 0 Å². The maximum atomic E-state index is 3.74. The van der Waals surface area contributed by atoms with Crippen molar-refractivity contribution in [1.82, 2.24) is 9.88 Å². The van der Waals surface area contributed by atoms with Crippen LogP contribution in [0.25, 0.3) is 0 Å². The fourth-order valence-corrected chi connectivity index (χ4v) is 3.23. The highest BCUT2D eigenvalue weighted by Crippen LogP contribution is 2.27. The summed E-state index contributed by atoms with van der Waals surface area (Å²) in [5, 5.41) is 3.74. The molecule has 1 aromatic rings. The van der Waals surface area contributed by atoms with Gasteiger partial charge in [-0.15, -0.1) is 0 Å². The Morgan fingerprint density at radius 3 is 2.67 bits per heavy atom. The van der Waals surface area contributed by atoms with Crippen LogP contribution in [-0.2, 0) is 13.1 Å². The Bertz CT molecular complexity index is 335. The minimum absolute atomic E-state index is 0.748. The predicted molar refractivity (Wildman–Crippen MR) is 77.6 cm³/mol. The van der Waals surface area contributed by atoms with Gasteiger partial charge in [-0.25, -0.2) is 0 Å². The van der Waals surface area contributed by atoms with Crippen molar-refractivity contribution in [3.05, 3.63) is 24.0 Å². The molecule has 1 aliphatic rings. The predicted octanol–water partition coefficient (Wildman–Crippen LogP) is 3.96. The molecule has 0 spiro atoms. The summed E-state index contributed by atoms with van der Waals surface area (Å²) in [6, 6.07) is 5.14. The highest BCUT2D eigenvalue weighted by Gasteiger charge is 2.20. The Balaban J connectivity index is 1.72. The molecular weight excluding hydrogens is 220 g/mol. The van der Waals surface area contributed by atoms with Gasteiger partial charge >= 0.3 is 0 Å². The summed E-state index contributed by atoms with van der Waals surface area (Å²) in [5.74, 6) is 1.01. The number of rotatable bonds is 6. The normalized spacial score (nSPS) is 24.3. The molecule has 0 unspecified atom stereocenters. The van der Waals surface area contributed by atoms with Crippen LogP contribution in [0.1, 0.15) is 58.1 Å². The Kier molecular flexibility index (Phi) is 5.30. The maximum Gasteiger partial charge on any atom is 0.0361 e. The van der Waals surface area contributed by atoms with Gasteiger partial charge in [-0.1, -0.05) is 19.8 Å². The van der Waals surface area contributed by atoms with Crippen molar-refractivity contribution >= 4 is 0 Å². The van der Waals surface area contributed by atoms with Crippen molar-refractivity contribution in [3.63, 3.8) is 0 Å². The summed E-state index contributed by atoms with van der Waals surface area (Å²) in [5.41, 5.74) is 1.42. The van der Waals surface area contributed by atoms with Crippen LogP contribution in [0, 0.1) is 5.92 Å². The second kappa shape index (κ2) is 6.98. The van der Waals surface area contributed by atoms with Crippen molar-refractivity contribution in [1.29, 1.82) is 0 Å². The molecule has 18 heavy (non-hydrogen) atoms. The van der Waals surface area contributed by atoms with Gasteiger partial charge in [0.1, 0.15) is 0 Å². The van der Waals surface area contributed by atoms with Crippen molar-refractivity contribution in [2.45, 2.75) is 71.5 Å². The van der Waals surface area contributed by atoms with Crippen molar-refractivity contribution in [3.8, 4) is 0 Å². The van der Waals surface area contributed by atoms with Crippen LogP contribution in [0.4, 0.5) is 0 Å². The van der Waals surface area contributed by atoms with E-state index in [-0.39, 0.29) is 0 Å². The van der Waals surface area contributed by atoms with Crippen molar-refractivity contribution in [2.75, 3.05) is 0 Å². The lowest BCUT2D eigenvalue weighted by Gasteiger charge is -2.29. The quantitative estimate of drug-likeness (QED) is 0.806. The SMILES string of the molecule is CCCC1CCC(NCc2cccn2CC)CC1. The fraction of sp³-hybridized carbons (Fsp3) is 0.750. The molecule has 0 aromatic carbocycles. The molecule has 0 radical (unpaired) electrons. The third-order valence-corrected chi connectivity index (χ3v) is 4.38. The van der Waals surface area contributed by atoms with Crippen LogP contribution in [0.15, 0.2) is 18.3 Å². The Morgan fingerprint density at radius 1 is 1.22 bits per heavy atom. The number of nitrogens with zero attached hydrogens (tertiary/aromatic N) is 1. The molecular formula is C16H28N2. The van der Waals surface area contributed by atoms with Gasteiger partial charge in [0.2, 0.25) is 0 Å². The minimum Gasteiger partial charge on any atom is -0.351 e. The highest BCUT2D eigenvalue weighted by atomic mass is 15.0. The molecule has 0 saturated heterocycles. The van der Waals surface area contributed by atoms with E-state index in [1.54, 1.807) is 0 Å². The first-order chi connectivity index (χ1) is 8.83. The van der Waals surface area contributed by atoms with Crippen LogP contribution in [0.5, 0.6) is 0 Å². The Labute approximate surface area is 112 Å². The molecule has 1 heterocycles. The van der Waals surface area contributed by atoms with E-state index in [2.05, 4.69) is 42.1 Å². The van der Waals surface area contributed by atoms with Crippen LogP contribution in [0.2, 0.25) is 0 Å². The van der Waals surface area contributed by atoms with E-state index in [4.69, 9.17) is 0 Å². The molecule has 1 aromatic heterocycles. The van der Waals surface area contributed by atoms with E-state index >= 15 is 0 Å². The fourth-order valence-electron chi connectivity index (χ4n) is 3.23. The Hall–Kier alpha value is -0.760. The minimum atomic E-state index is 0.748. The van der Waals surface area contributed by atoms with Gasteiger partial charge in [0.15, 0.2) is 0 Å². The molecule has 1 saturated carbocycles. The maximum absolute atomic E-state index is 3.74. The van der Waals surface area contributed by atoms with Gasteiger partial charge in [-0.3, -0.25) is 0 Å². The topological polar surface area (TPSA) is 17.0 Å². The number of nitrogens with one attached hydrogen (secondary N) is 1. The zero-order valence-electron chi connectivity index (χ0n) is 12.0. The standard InChI is InChI=1S/C16H28N2/c1-3-6-14-8-10-15(11-9-14)17-13-16-7-5-12-18(16)4-2/h5,7,12,14-15,17H,3-4,6,8-11,13H2,1-2H3. The lowest BCUT2D eigenvalue weighted by atomic mass is 9.83. The largest absolute Gasteiger partial charge is 0.351 e. The summed E-state index contributed by atoms with van der Waals surface area (Å²) >= 11 is 0. The lowest BCUT2D eigenvalue weighted by Crippen LogP contribution is -2.33. The first-order valence-corrected chi connectivity index (χ1v) is 7.70. The van der Waals surface area contributed by atoms with Gasteiger partial charge in [-0.2, -0.15) is 0 Å². The second-order valence-corrected chi connectivity index (χ2v) is 5.67. The average Bonchev–Trinajstić information content (AvgIpc) is 2.86. The monoisotopic (exact) mass is 248 g/mol. The number of hydrogen-bond acceptors (Lipinski definition) is 1. The first kappa shape index (κ1) is 13.7.